The maximum absolute atomic E-state index is 12.1. The average molecular weight is 373 g/mol. The van der Waals surface area contributed by atoms with E-state index >= 15 is 0 Å². The fraction of sp³-hybridized carbons (Fsp3) is 0.167. The van der Waals surface area contributed by atoms with E-state index < -0.39 is 0 Å². The molecule has 0 atom stereocenters. The van der Waals surface area contributed by atoms with Crippen molar-refractivity contribution in [3.63, 3.8) is 0 Å². The number of Topliss-reactive ketones (excluding diaryl/α,β-unsaturated/α-hetero) is 1. The normalized spacial score (nSPS) is 10.3. The van der Waals surface area contributed by atoms with Crippen molar-refractivity contribution in [2.24, 2.45) is 0 Å². The third-order valence-electron chi connectivity index (χ3n) is 4.24. The molecule has 0 fully saturated rings. The van der Waals surface area contributed by atoms with Gasteiger partial charge in [-0.05, 0) is 35.4 Å². The quantitative estimate of drug-likeness (QED) is 0.603. The van der Waals surface area contributed by atoms with E-state index in [-0.39, 0.29) is 11.7 Å². The molecule has 0 aliphatic heterocycles. The van der Waals surface area contributed by atoms with Gasteiger partial charge >= 0.3 is 0 Å². The number of anilines is 1. The smallest absolute Gasteiger partial charge is 0.228 e. The number of rotatable bonds is 9. The Morgan fingerprint density at radius 2 is 1.32 bits per heavy atom. The van der Waals surface area contributed by atoms with E-state index in [0.717, 1.165) is 22.6 Å². The van der Waals surface area contributed by atoms with Gasteiger partial charge in [0.2, 0.25) is 5.91 Å². The van der Waals surface area contributed by atoms with E-state index in [1.54, 1.807) is 0 Å². The van der Waals surface area contributed by atoms with Crippen LogP contribution in [0.3, 0.4) is 0 Å². The van der Waals surface area contributed by atoms with Crippen LogP contribution in [0.5, 0.6) is 5.75 Å². The Kier molecular flexibility index (Phi) is 6.96. The van der Waals surface area contributed by atoms with Crippen LogP contribution in [0.25, 0.3) is 0 Å². The number of hydrogen-bond donors (Lipinski definition) is 1. The number of nitrogens with one attached hydrogen (secondary N) is 1. The van der Waals surface area contributed by atoms with E-state index in [1.807, 2.05) is 84.9 Å². The summed E-state index contributed by atoms with van der Waals surface area (Å²) in [5.74, 6) is 0.829. The first-order chi connectivity index (χ1) is 13.7. The molecule has 0 heterocycles. The molecule has 1 N–H and O–H groups in total. The van der Waals surface area contributed by atoms with Crippen LogP contribution in [0.1, 0.15) is 17.5 Å². The van der Waals surface area contributed by atoms with Crippen LogP contribution in [0.15, 0.2) is 84.9 Å². The van der Waals surface area contributed by atoms with Gasteiger partial charge in [0.1, 0.15) is 11.5 Å². The Hall–Kier alpha value is -3.40. The summed E-state index contributed by atoms with van der Waals surface area (Å²) in [4.78, 5) is 24.2. The lowest BCUT2D eigenvalue weighted by atomic mass is 10.1. The van der Waals surface area contributed by atoms with Gasteiger partial charge in [-0.3, -0.25) is 9.59 Å². The standard InChI is InChI=1S/C24H23NO3/c26-22(15-16-28-23-9-5-2-6-10-23)17-20-11-13-21(14-12-20)25-24(27)18-19-7-3-1-4-8-19/h1-14H,15-18H2,(H,25,27). The molecule has 0 aromatic heterocycles. The molecule has 3 aromatic rings. The molecule has 0 bridgehead atoms. The molecule has 0 aliphatic rings. The van der Waals surface area contributed by atoms with E-state index in [0.29, 0.717) is 25.9 Å². The van der Waals surface area contributed by atoms with Gasteiger partial charge in [0, 0.05) is 18.5 Å². The van der Waals surface area contributed by atoms with Gasteiger partial charge in [-0.25, -0.2) is 0 Å². The summed E-state index contributed by atoms with van der Waals surface area (Å²) in [6, 6.07) is 26.5. The van der Waals surface area contributed by atoms with E-state index in [2.05, 4.69) is 5.32 Å². The van der Waals surface area contributed by atoms with Crippen LogP contribution in [0.4, 0.5) is 5.69 Å². The van der Waals surface area contributed by atoms with Crippen LogP contribution in [-0.2, 0) is 22.4 Å². The van der Waals surface area contributed by atoms with Crippen LogP contribution < -0.4 is 10.1 Å². The Bertz CT molecular complexity index is 890. The summed E-state index contributed by atoms with van der Waals surface area (Å²) in [7, 11) is 0. The molecule has 3 aromatic carbocycles. The molecule has 0 saturated heterocycles. The number of benzene rings is 3. The van der Waals surface area contributed by atoms with Crippen molar-refractivity contribution in [2.75, 3.05) is 11.9 Å². The zero-order chi connectivity index (χ0) is 19.6. The van der Waals surface area contributed by atoms with Crippen molar-refractivity contribution in [3.8, 4) is 5.75 Å². The highest BCUT2D eigenvalue weighted by molar-refractivity contribution is 5.92. The fourth-order valence-corrected chi connectivity index (χ4v) is 2.81. The molecule has 142 valence electrons. The zero-order valence-electron chi connectivity index (χ0n) is 15.6. The first kappa shape index (κ1) is 19.4. The monoisotopic (exact) mass is 373 g/mol. The first-order valence-electron chi connectivity index (χ1n) is 9.31. The molecule has 0 radical (unpaired) electrons. The van der Waals surface area contributed by atoms with Gasteiger partial charge < -0.3 is 10.1 Å². The van der Waals surface area contributed by atoms with E-state index in [1.165, 1.54) is 0 Å². The lowest BCUT2D eigenvalue weighted by Crippen LogP contribution is -2.14. The highest BCUT2D eigenvalue weighted by Crippen LogP contribution is 2.13. The summed E-state index contributed by atoms with van der Waals surface area (Å²) in [5, 5.41) is 2.88. The molecular weight excluding hydrogens is 350 g/mol. The lowest BCUT2D eigenvalue weighted by Gasteiger charge is -2.07. The molecular formula is C24H23NO3. The van der Waals surface area contributed by atoms with E-state index in [9.17, 15) is 9.59 Å². The number of ether oxygens (including phenoxy) is 1. The summed E-state index contributed by atoms with van der Waals surface area (Å²) >= 11 is 0. The predicted molar refractivity (Wildman–Crippen MR) is 110 cm³/mol. The molecule has 0 aliphatic carbocycles. The Labute approximate surface area is 165 Å². The van der Waals surface area contributed by atoms with Gasteiger partial charge in [-0.2, -0.15) is 0 Å². The average Bonchev–Trinajstić information content (AvgIpc) is 2.71. The first-order valence-corrected chi connectivity index (χ1v) is 9.31. The van der Waals surface area contributed by atoms with Crippen molar-refractivity contribution in [1.82, 2.24) is 0 Å². The molecule has 4 heteroatoms. The second-order valence-corrected chi connectivity index (χ2v) is 6.53. The summed E-state index contributed by atoms with van der Waals surface area (Å²) < 4.78 is 5.56. The van der Waals surface area contributed by atoms with Gasteiger partial charge in [0.05, 0.1) is 13.0 Å². The molecule has 0 unspecified atom stereocenters. The lowest BCUT2D eigenvalue weighted by molar-refractivity contribution is -0.119. The van der Waals surface area contributed by atoms with Crippen LogP contribution in [-0.4, -0.2) is 18.3 Å². The number of ketones is 1. The van der Waals surface area contributed by atoms with Crippen molar-refractivity contribution in [2.45, 2.75) is 19.3 Å². The Morgan fingerprint density at radius 1 is 0.714 bits per heavy atom. The van der Waals surface area contributed by atoms with Crippen LogP contribution in [0, 0.1) is 0 Å². The van der Waals surface area contributed by atoms with Gasteiger partial charge in [0.15, 0.2) is 0 Å². The number of carbonyl (C=O) groups is 2. The number of carbonyl (C=O) groups excluding carboxylic acids is 2. The molecule has 28 heavy (non-hydrogen) atoms. The molecule has 1 amide bonds. The van der Waals surface area contributed by atoms with Crippen molar-refractivity contribution < 1.29 is 14.3 Å². The topological polar surface area (TPSA) is 55.4 Å². The molecule has 4 nitrogen and oxygen atoms in total. The third-order valence-corrected chi connectivity index (χ3v) is 4.24. The second kappa shape index (κ2) is 10.1. The predicted octanol–water partition coefficient (Wildman–Crippen LogP) is 4.45. The molecule has 0 saturated carbocycles. The highest BCUT2D eigenvalue weighted by atomic mass is 16.5. The van der Waals surface area contributed by atoms with Crippen LogP contribution in [0.2, 0.25) is 0 Å². The minimum absolute atomic E-state index is 0.0620. The Balaban J connectivity index is 1.42. The second-order valence-electron chi connectivity index (χ2n) is 6.53. The van der Waals surface area contributed by atoms with Gasteiger partial charge in [-0.15, -0.1) is 0 Å². The molecule has 0 spiro atoms. The number of hydrogen-bond acceptors (Lipinski definition) is 3. The highest BCUT2D eigenvalue weighted by Gasteiger charge is 2.07. The zero-order valence-corrected chi connectivity index (χ0v) is 15.6. The summed E-state index contributed by atoms with van der Waals surface area (Å²) in [6.07, 6.45) is 1.06. The minimum Gasteiger partial charge on any atom is -0.493 e. The van der Waals surface area contributed by atoms with Gasteiger partial charge in [0.25, 0.3) is 0 Å². The maximum Gasteiger partial charge on any atom is 0.228 e. The third kappa shape index (κ3) is 6.40. The minimum atomic E-state index is -0.0620. The van der Waals surface area contributed by atoms with E-state index in [4.69, 9.17) is 4.74 Å². The number of para-hydroxylation sites is 1. The number of amides is 1. The maximum atomic E-state index is 12.1. The fourth-order valence-electron chi connectivity index (χ4n) is 2.81. The largest absolute Gasteiger partial charge is 0.493 e. The molecule has 3 rings (SSSR count). The summed E-state index contributed by atoms with van der Waals surface area (Å²) in [5.41, 5.74) is 2.62. The van der Waals surface area contributed by atoms with Crippen molar-refractivity contribution in [1.29, 1.82) is 0 Å². The van der Waals surface area contributed by atoms with Crippen molar-refractivity contribution >= 4 is 17.4 Å². The van der Waals surface area contributed by atoms with Crippen LogP contribution >= 0.6 is 0 Å². The SMILES string of the molecule is O=C(CCOc1ccccc1)Cc1ccc(NC(=O)Cc2ccccc2)cc1. The Morgan fingerprint density at radius 3 is 2.00 bits per heavy atom. The van der Waals surface area contributed by atoms with Gasteiger partial charge in [-0.1, -0.05) is 60.7 Å². The van der Waals surface area contributed by atoms with Crippen molar-refractivity contribution in [3.05, 3.63) is 96.1 Å². The summed E-state index contributed by atoms with van der Waals surface area (Å²) in [6.45, 7) is 0.372.